The van der Waals surface area contributed by atoms with Crippen molar-refractivity contribution in [3.63, 3.8) is 0 Å². The van der Waals surface area contributed by atoms with Gasteiger partial charge in [0.15, 0.2) is 0 Å². The molecule has 0 radical (unpaired) electrons. The van der Waals surface area contributed by atoms with Gasteiger partial charge in [0.2, 0.25) is 0 Å². The van der Waals surface area contributed by atoms with E-state index in [1.807, 2.05) is 0 Å². The van der Waals surface area contributed by atoms with E-state index in [1.54, 1.807) is 38.4 Å². The van der Waals surface area contributed by atoms with Crippen LogP contribution < -0.4 is 13.9 Å². The molecule has 0 saturated carbocycles. The zero-order valence-corrected chi connectivity index (χ0v) is 14.1. The summed E-state index contributed by atoms with van der Waals surface area (Å²) in [5.41, 5.74) is 5.30. The van der Waals surface area contributed by atoms with Gasteiger partial charge in [0.05, 0.1) is 0 Å². The van der Waals surface area contributed by atoms with Gasteiger partial charge in [-0.1, -0.05) is 0 Å². The molecule has 0 aliphatic carbocycles. The second-order valence-corrected chi connectivity index (χ2v) is 13.7. The van der Waals surface area contributed by atoms with Crippen LogP contribution in [0.1, 0.15) is 0 Å². The molecular formula is C9H21N3O3Si3. The smallest absolute Gasteiger partial charge is 0.370 e. The van der Waals surface area contributed by atoms with Gasteiger partial charge in [-0.2, -0.15) is 0 Å². The summed E-state index contributed by atoms with van der Waals surface area (Å²) in [6.07, 6.45) is 0. The Morgan fingerprint density at radius 1 is 0.667 bits per heavy atom. The molecule has 1 rings (SSSR count). The van der Waals surface area contributed by atoms with Gasteiger partial charge < -0.3 is 13.3 Å². The zero-order chi connectivity index (χ0) is 13.9. The van der Waals surface area contributed by atoms with Crippen molar-refractivity contribution < 1.29 is 13.3 Å². The normalized spacial score (nSPS) is 40.2. The van der Waals surface area contributed by atoms with Gasteiger partial charge in [-0.25, -0.2) is 0 Å². The van der Waals surface area contributed by atoms with Gasteiger partial charge in [-0.05, 0) is 17.1 Å². The standard InChI is InChI=1S/C9H21N3O3Si3/c1-7-16(13-4)10-17(8-2,14-5)12-18(9-3,11-16)15-6/h7-12H,1-3H2,4-6H3. The van der Waals surface area contributed by atoms with Gasteiger partial charge >= 0.3 is 25.9 Å². The monoisotopic (exact) mass is 303 g/mol. The maximum absolute atomic E-state index is 5.62. The quantitative estimate of drug-likeness (QED) is 0.586. The maximum Gasteiger partial charge on any atom is 0.370 e. The highest BCUT2D eigenvalue weighted by molar-refractivity contribution is 7.05. The van der Waals surface area contributed by atoms with Crippen LogP contribution in [-0.2, 0) is 13.3 Å². The van der Waals surface area contributed by atoms with E-state index in [4.69, 9.17) is 13.3 Å². The molecule has 0 atom stereocenters. The minimum absolute atomic E-state index is 1.63. The second kappa shape index (κ2) is 5.73. The molecule has 0 bridgehead atoms. The third-order valence-electron chi connectivity index (χ3n) is 2.94. The molecule has 18 heavy (non-hydrogen) atoms. The van der Waals surface area contributed by atoms with Crippen molar-refractivity contribution in [1.82, 2.24) is 13.9 Å². The Morgan fingerprint density at radius 3 is 1.00 bits per heavy atom. The predicted octanol–water partition coefficient (Wildman–Crippen LogP) is -0.300. The molecule has 1 aliphatic rings. The van der Waals surface area contributed by atoms with E-state index in [0.29, 0.717) is 0 Å². The second-order valence-electron chi connectivity index (χ2n) is 3.81. The van der Waals surface area contributed by atoms with Crippen molar-refractivity contribution in [2.24, 2.45) is 0 Å². The Kier molecular flexibility index (Phi) is 4.99. The van der Waals surface area contributed by atoms with E-state index >= 15 is 0 Å². The van der Waals surface area contributed by atoms with E-state index in [9.17, 15) is 0 Å². The summed E-state index contributed by atoms with van der Waals surface area (Å²) in [6.45, 7) is 11.5. The van der Waals surface area contributed by atoms with E-state index in [-0.39, 0.29) is 0 Å². The number of hydrogen-bond acceptors (Lipinski definition) is 6. The van der Waals surface area contributed by atoms with Crippen molar-refractivity contribution in [2.75, 3.05) is 21.3 Å². The molecule has 1 fully saturated rings. The van der Waals surface area contributed by atoms with Crippen molar-refractivity contribution in [3.05, 3.63) is 36.8 Å². The molecule has 6 nitrogen and oxygen atoms in total. The molecule has 1 saturated heterocycles. The lowest BCUT2D eigenvalue weighted by atomic mass is 11.3. The molecule has 0 spiro atoms. The molecule has 1 aliphatic heterocycles. The Labute approximate surface area is 112 Å². The highest BCUT2D eigenvalue weighted by Gasteiger charge is 2.58. The first kappa shape index (κ1) is 15.7. The minimum atomic E-state index is -2.55. The average Bonchev–Trinajstić information content (AvgIpc) is 2.46. The Hall–Kier alpha value is -0.369. The highest BCUT2D eigenvalue weighted by Crippen LogP contribution is 2.16. The third-order valence-corrected chi connectivity index (χ3v) is 15.5. The molecule has 0 aromatic rings. The van der Waals surface area contributed by atoms with Crippen molar-refractivity contribution in [2.45, 2.75) is 0 Å². The summed E-state index contributed by atoms with van der Waals surface area (Å²) in [7, 11) is -2.76. The van der Waals surface area contributed by atoms with Crippen LogP contribution in [-0.4, -0.2) is 47.3 Å². The van der Waals surface area contributed by atoms with E-state index < -0.39 is 25.9 Å². The lowest BCUT2D eigenvalue weighted by Crippen LogP contribution is -2.93. The number of hydrogen-bond donors (Lipinski definition) is 3. The topological polar surface area (TPSA) is 63.8 Å². The molecule has 1 heterocycles. The fraction of sp³-hybridized carbons (Fsp3) is 0.333. The Morgan fingerprint density at radius 2 is 0.889 bits per heavy atom. The van der Waals surface area contributed by atoms with Crippen LogP contribution >= 0.6 is 0 Å². The fourth-order valence-electron chi connectivity index (χ4n) is 1.78. The number of nitrogens with one attached hydrogen (secondary N) is 3. The summed E-state index contributed by atoms with van der Waals surface area (Å²) in [4.78, 5) is 0. The number of rotatable bonds is 6. The first-order chi connectivity index (χ1) is 8.49. The van der Waals surface area contributed by atoms with Crippen LogP contribution in [0.5, 0.6) is 0 Å². The van der Waals surface area contributed by atoms with Gasteiger partial charge in [-0.15, -0.1) is 19.7 Å². The van der Waals surface area contributed by atoms with Crippen LogP contribution in [0.15, 0.2) is 36.8 Å². The van der Waals surface area contributed by atoms with Crippen molar-refractivity contribution in [3.8, 4) is 0 Å². The minimum Gasteiger partial charge on any atom is -0.393 e. The molecule has 9 heteroatoms. The van der Waals surface area contributed by atoms with Gasteiger partial charge in [0, 0.05) is 21.3 Å². The van der Waals surface area contributed by atoms with Crippen LogP contribution in [0, 0.1) is 0 Å². The summed E-state index contributed by atoms with van der Waals surface area (Å²) in [5.74, 6) is 0. The highest BCUT2D eigenvalue weighted by atomic mass is 28.5. The first-order valence-electron chi connectivity index (χ1n) is 5.43. The lowest BCUT2D eigenvalue weighted by Gasteiger charge is -2.48. The van der Waals surface area contributed by atoms with Crippen molar-refractivity contribution >= 4 is 25.9 Å². The fourth-order valence-corrected chi connectivity index (χ4v) is 16.2. The Balaban J connectivity index is 3.25. The maximum atomic E-state index is 5.62. The van der Waals surface area contributed by atoms with E-state index in [2.05, 4.69) is 33.7 Å². The van der Waals surface area contributed by atoms with Crippen LogP contribution in [0.2, 0.25) is 0 Å². The SMILES string of the molecule is C=C[Si]1(OC)N[Si](C=C)(OC)N[Si](C=C)(OC)N1. The predicted molar refractivity (Wildman–Crippen MR) is 78.3 cm³/mol. The van der Waals surface area contributed by atoms with Crippen LogP contribution in [0.4, 0.5) is 0 Å². The molecule has 102 valence electrons. The molecular weight excluding hydrogens is 282 g/mol. The van der Waals surface area contributed by atoms with Gasteiger partial charge in [0.1, 0.15) is 0 Å². The average molecular weight is 304 g/mol. The zero-order valence-electron chi connectivity index (χ0n) is 11.1. The van der Waals surface area contributed by atoms with E-state index in [0.717, 1.165) is 0 Å². The summed E-state index contributed by atoms with van der Waals surface area (Å²) in [5, 5.41) is 0. The third kappa shape index (κ3) is 2.64. The Bertz CT molecular complexity index is 295. The lowest BCUT2D eigenvalue weighted by molar-refractivity contribution is 0.332. The summed E-state index contributed by atoms with van der Waals surface area (Å²) < 4.78 is 27.0. The molecule has 0 amide bonds. The van der Waals surface area contributed by atoms with Crippen LogP contribution in [0.25, 0.3) is 0 Å². The van der Waals surface area contributed by atoms with Gasteiger partial charge in [-0.3, -0.25) is 13.9 Å². The van der Waals surface area contributed by atoms with Crippen LogP contribution in [0.3, 0.4) is 0 Å². The summed E-state index contributed by atoms with van der Waals surface area (Å²) in [6, 6.07) is 0. The molecule has 0 aromatic heterocycles. The van der Waals surface area contributed by atoms with Crippen molar-refractivity contribution in [1.29, 1.82) is 0 Å². The molecule has 3 N–H and O–H groups in total. The molecule has 0 aromatic carbocycles. The first-order valence-corrected chi connectivity index (χ1v) is 11.4. The summed E-state index contributed by atoms with van der Waals surface area (Å²) >= 11 is 0. The molecule has 0 unspecified atom stereocenters. The van der Waals surface area contributed by atoms with Gasteiger partial charge in [0.25, 0.3) is 0 Å². The van der Waals surface area contributed by atoms with E-state index in [1.165, 1.54) is 0 Å². The largest absolute Gasteiger partial charge is 0.393 e.